The van der Waals surface area contributed by atoms with E-state index in [2.05, 4.69) is 12.2 Å². The van der Waals surface area contributed by atoms with E-state index in [9.17, 15) is 9.59 Å². The summed E-state index contributed by atoms with van der Waals surface area (Å²) in [6.45, 7) is 3.09. The summed E-state index contributed by atoms with van der Waals surface area (Å²) in [4.78, 5) is 28.7. The van der Waals surface area contributed by atoms with Gasteiger partial charge in [0.1, 0.15) is 6.04 Å². The number of nitrogens with one attached hydrogen (secondary N) is 1. The first-order valence-electron chi connectivity index (χ1n) is 12.0. The molecule has 0 bridgehead atoms. The standard InChI is InChI=1S/C29H33ClN2O2S/c1-2-3-17-31-29(34)27(19-23-11-6-4-7-12-23)32(20-24-13-8-5-9-14-24)28(33)22-35-21-25-15-10-16-26(30)18-25/h4-16,18,27H,2-3,17,19-22H2,1H3,(H,31,34)/t27-/m0/s1. The Balaban J connectivity index is 1.80. The molecule has 1 N–H and O–H groups in total. The topological polar surface area (TPSA) is 49.4 Å². The lowest BCUT2D eigenvalue weighted by atomic mass is 10.0. The van der Waals surface area contributed by atoms with Crippen LogP contribution >= 0.6 is 23.4 Å². The summed E-state index contributed by atoms with van der Waals surface area (Å²) >= 11 is 7.64. The second-order valence-electron chi connectivity index (χ2n) is 8.48. The molecule has 0 saturated heterocycles. The van der Waals surface area contributed by atoms with Crippen LogP contribution in [0.1, 0.15) is 36.5 Å². The smallest absolute Gasteiger partial charge is 0.243 e. The van der Waals surface area contributed by atoms with Gasteiger partial charge in [-0.3, -0.25) is 9.59 Å². The summed E-state index contributed by atoms with van der Waals surface area (Å²) in [5.41, 5.74) is 3.10. The Morgan fingerprint density at radius 1 is 0.914 bits per heavy atom. The van der Waals surface area contributed by atoms with E-state index in [0.29, 0.717) is 30.3 Å². The predicted molar refractivity (Wildman–Crippen MR) is 146 cm³/mol. The maximum atomic E-state index is 13.6. The summed E-state index contributed by atoms with van der Waals surface area (Å²) < 4.78 is 0. The number of thioether (sulfide) groups is 1. The molecule has 0 heterocycles. The number of hydrogen-bond acceptors (Lipinski definition) is 3. The molecule has 2 amide bonds. The molecule has 184 valence electrons. The lowest BCUT2D eigenvalue weighted by Gasteiger charge is -2.31. The second kappa shape index (κ2) is 14.6. The molecule has 0 aliphatic carbocycles. The SMILES string of the molecule is CCCCNC(=O)[C@H](Cc1ccccc1)N(Cc1ccccc1)C(=O)CSCc1cccc(Cl)c1. The molecule has 3 aromatic carbocycles. The van der Waals surface area contributed by atoms with E-state index < -0.39 is 6.04 Å². The summed E-state index contributed by atoms with van der Waals surface area (Å²) in [5.74, 6) is 0.809. The van der Waals surface area contributed by atoms with E-state index in [1.54, 1.807) is 4.90 Å². The number of carbonyl (C=O) groups excluding carboxylic acids is 2. The molecule has 0 radical (unpaired) electrons. The molecule has 1 atom stereocenters. The highest BCUT2D eigenvalue weighted by atomic mass is 35.5. The van der Waals surface area contributed by atoms with Crippen LogP contribution in [-0.2, 0) is 28.3 Å². The zero-order chi connectivity index (χ0) is 24.9. The van der Waals surface area contributed by atoms with Crippen LogP contribution in [0, 0.1) is 0 Å². The van der Waals surface area contributed by atoms with Crippen molar-refractivity contribution in [3.8, 4) is 0 Å². The van der Waals surface area contributed by atoms with Gasteiger partial charge < -0.3 is 10.2 Å². The van der Waals surface area contributed by atoms with Gasteiger partial charge in [0.25, 0.3) is 0 Å². The zero-order valence-corrected chi connectivity index (χ0v) is 21.7. The van der Waals surface area contributed by atoms with Crippen molar-refractivity contribution in [2.24, 2.45) is 0 Å². The van der Waals surface area contributed by atoms with Crippen LogP contribution in [0.5, 0.6) is 0 Å². The summed E-state index contributed by atoms with van der Waals surface area (Å²) in [6, 6.07) is 26.8. The van der Waals surface area contributed by atoms with E-state index in [0.717, 1.165) is 29.5 Å². The van der Waals surface area contributed by atoms with Gasteiger partial charge >= 0.3 is 0 Å². The van der Waals surface area contributed by atoms with E-state index in [1.165, 1.54) is 11.8 Å². The van der Waals surface area contributed by atoms with E-state index >= 15 is 0 Å². The monoisotopic (exact) mass is 508 g/mol. The Kier molecular flexibility index (Phi) is 11.2. The van der Waals surface area contributed by atoms with Crippen molar-refractivity contribution in [2.75, 3.05) is 12.3 Å². The van der Waals surface area contributed by atoms with Crippen molar-refractivity contribution >= 4 is 35.2 Å². The maximum absolute atomic E-state index is 13.6. The molecule has 4 nitrogen and oxygen atoms in total. The Bertz CT molecular complexity index is 1060. The largest absolute Gasteiger partial charge is 0.354 e. The molecule has 3 rings (SSSR count). The van der Waals surface area contributed by atoms with Gasteiger partial charge in [-0.05, 0) is 35.2 Å². The number of benzene rings is 3. The van der Waals surface area contributed by atoms with Gasteiger partial charge in [0, 0.05) is 30.3 Å². The quantitative estimate of drug-likeness (QED) is 0.282. The third-order valence-corrected chi connectivity index (χ3v) is 6.90. The lowest BCUT2D eigenvalue weighted by Crippen LogP contribution is -2.51. The van der Waals surface area contributed by atoms with Crippen molar-refractivity contribution in [2.45, 2.75) is 44.5 Å². The fraction of sp³-hybridized carbons (Fsp3) is 0.310. The number of halogens is 1. The molecule has 3 aromatic rings. The predicted octanol–water partition coefficient (Wildman–Crippen LogP) is 6.13. The molecule has 0 unspecified atom stereocenters. The minimum Gasteiger partial charge on any atom is -0.354 e. The minimum absolute atomic E-state index is 0.0487. The van der Waals surface area contributed by atoms with Crippen molar-refractivity contribution < 1.29 is 9.59 Å². The Labute approximate surface area is 218 Å². The fourth-order valence-corrected chi connectivity index (χ4v) is 4.88. The molecule has 0 aliphatic heterocycles. The average Bonchev–Trinajstić information content (AvgIpc) is 2.87. The van der Waals surface area contributed by atoms with Gasteiger partial charge in [-0.25, -0.2) is 0 Å². The fourth-order valence-electron chi connectivity index (χ4n) is 3.81. The first-order valence-corrected chi connectivity index (χ1v) is 13.6. The Morgan fingerprint density at radius 2 is 1.57 bits per heavy atom. The molecule has 0 aromatic heterocycles. The maximum Gasteiger partial charge on any atom is 0.243 e. The van der Waals surface area contributed by atoms with Gasteiger partial charge in [-0.15, -0.1) is 11.8 Å². The van der Waals surface area contributed by atoms with Gasteiger partial charge in [-0.2, -0.15) is 0 Å². The normalized spacial score (nSPS) is 11.6. The van der Waals surface area contributed by atoms with Gasteiger partial charge in [0.2, 0.25) is 11.8 Å². The minimum atomic E-state index is -0.589. The van der Waals surface area contributed by atoms with Gasteiger partial charge in [0.05, 0.1) is 5.75 Å². The van der Waals surface area contributed by atoms with Crippen LogP contribution < -0.4 is 5.32 Å². The summed E-state index contributed by atoms with van der Waals surface area (Å²) in [5, 5.41) is 3.75. The molecule has 35 heavy (non-hydrogen) atoms. The van der Waals surface area contributed by atoms with Gasteiger partial charge in [-0.1, -0.05) is 97.7 Å². The van der Waals surface area contributed by atoms with Crippen molar-refractivity contribution in [3.63, 3.8) is 0 Å². The van der Waals surface area contributed by atoms with Crippen LogP contribution in [0.25, 0.3) is 0 Å². The number of hydrogen-bond donors (Lipinski definition) is 1. The highest BCUT2D eigenvalue weighted by molar-refractivity contribution is 7.99. The number of amides is 2. The molecule has 6 heteroatoms. The Morgan fingerprint density at radius 3 is 2.23 bits per heavy atom. The van der Waals surface area contributed by atoms with E-state index in [1.807, 2.05) is 84.9 Å². The third-order valence-electron chi connectivity index (χ3n) is 5.68. The van der Waals surface area contributed by atoms with Crippen LogP contribution in [0.15, 0.2) is 84.9 Å². The molecule has 0 spiro atoms. The first-order chi connectivity index (χ1) is 17.1. The molecule has 0 aliphatic rings. The second-order valence-corrected chi connectivity index (χ2v) is 9.90. The number of unbranched alkanes of at least 4 members (excludes halogenated alkanes) is 1. The number of rotatable bonds is 13. The van der Waals surface area contributed by atoms with Crippen LogP contribution in [0.4, 0.5) is 0 Å². The highest BCUT2D eigenvalue weighted by Gasteiger charge is 2.30. The molecular weight excluding hydrogens is 476 g/mol. The molecule has 0 fully saturated rings. The van der Waals surface area contributed by atoms with Crippen LogP contribution in [-0.4, -0.2) is 35.1 Å². The van der Waals surface area contributed by atoms with Crippen molar-refractivity contribution in [3.05, 3.63) is 107 Å². The lowest BCUT2D eigenvalue weighted by molar-refractivity contribution is -0.139. The third kappa shape index (κ3) is 9.08. The Hall–Kier alpha value is -2.76. The summed E-state index contributed by atoms with van der Waals surface area (Å²) in [6.07, 6.45) is 2.37. The number of nitrogens with zero attached hydrogens (tertiary/aromatic N) is 1. The van der Waals surface area contributed by atoms with Crippen LogP contribution in [0.3, 0.4) is 0 Å². The average molecular weight is 509 g/mol. The zero-order valence-electron chi connectivity index (χ0n) is 20.2. The molecular formula is C29H33ClN2O2S. The van der Waals surface area contributed by atoms with Crippen molar-refractivity contribution in [1.82, 2.24) is 10.2 Å². The first kappa shape index (κ1) is 26.8. The van der Waals surface area contributed by atoms with E-state index in [4.69, 9.17) is 11.6 Å². The number of carbonyl (C=O) groups is 2. The van der Waals surface area contributed by atoms with Gasteiger partial charge in [0.15, 0.2) is 0 Å². The highest BCUT2D eigenvalue weighted by Crippen LogP contribution is 2.20. The molecule has 0 saturated carbocycles. The van der Waals surface area contributed by atoms with E-state index in [-0.39, 0.29) is 17.6 Å². The van der Waals surface area contributed by atoms with Crippen molar-refractivity contribution in [1.29, 1.82) is 0 Å². The summed E-state index contributed by atoms with van der Waals surface area (Å²) in [7, 11) is 0. The van der Waals surface area contributed by atoms with Crippen LogP contribution in [0.2, 0.25) is 5.02 Å².